The van der Waals surface area contributed by atoms with Crippen molar-refractivity contribution in [2.45, 2.75) is 19.1 Å². The summed E-state index contributed by atoms with van der Waals surface area (Å²) in [4.78, 5) is 0. The van der Waals surface area contributed by atoms with Gasteiger partial charge in [0.15, 0.2) is 0 Å². The van der Waals surface area contributed by atoms with Crippen molar-refractivity contribution >= 4 is 0 Å². The Morgan fingerprint density at radius 3 is 2.53 bits per heavy atom. The fraction of sp³-hybridized carbons (Fsp3) is 0.455. The van der Waals surface area contributed by atoms with Gasteiger partial charge in [-0.25, -0.2) is 0 Å². The zero-order valence-corrected chi connectivity index (χ0v) is 8.84. The number of hydrogen-bond donors (Lipinski definition) is 3. The predicted molar refractivity (Wildman–Crippen MR) is 55.8 cm³/mol. The molecule has 0 heterocycles. The maximum absolute atomic E-state index is 9.72. The topological polar surface area (TPSA) is 69.9 Å². The molecule has 1 aromatic rings. The largest absolute Gasteiger partial charge is 0.497 e. The number of ether oxygens (including phenoxy) is 1. The molecule has 0 amide bonds. The van der Waals surface area contributed by atoms with Gasteiger partial charge < -0.3 is 20.1 Å². The number of hydrogen-bond acceptors (Lipinski definition) is 4. The van der Waals surface area contributed by atoms with Gasteiger partial charge >= 0.3 is 0 Å². The SMILES string of the molecule is COc1ccc(C)c(C(O)C(O)CO)c1. The highest BCUT2D eigenvalue weighted by Gasteiger charge is 2.19. The van der Waals surface area contributed by atoms with Gasteiger partial charge in [0.1, 0.15) is 18.0 Å². The highest BCUT2D eigenvalue weighted by molar-refractivity contribution is 5.36. The molecule has 0 spiro atoms. The van der Waals surface area contributed by atoms with Crippen molar-refractivity contribution in [3.63, 3.8) is 0 Å². The Balaban J connectivity index is 3.01. The molecule has 3 N–H and O–H groups in total. The van der Waals surface area contributed by atoms with Gasteiger partial charge in [-0.05, 0) is 30.2 Å². The Morgan fingerprint density at radius 2 is 2.00 bits per heavy atom. The van der Waals surface area contributed by atoms with Gasteiger partial charge in [-0.15, -0.1) is 0 Å². The second-order valence-electron chi connectivity index (χ2n) is 3.42. The van der Waals surface area contributed by atoms with Crippen molar-refractivity contribution in [1.29, 1.82) is 0 Å². The van der Waals surface area contributed by atoms with Crippen molar-refractivity contribution in [3.8, 4) is 5.75 Å². The van der Waals surface area contributed by atoms with E-state index in [2.05, 4.69) is 0 Å². The number of aliphatic hydroxyl groups excluding tert-OH is 3. The second-order valence-corrected chi connectivity index (χ2v) is 3.42. The fourth-order valence-electron chi connectivity index (χ4n) is 1.37. The molecule has 1 aromatic carbocycles. The molecule has 4 heteroatoms. The Kier molecular flexibility index (Phi) is 4.08. The van der Waals surface area contributed by atoms with Crippen molar-refractivity contribution in [2.75, 3.05) is 13.7 Å². The minimum absolute atomic E-state index is 0.474. The van der Waals surface area contributed by atoms with Crippen LogP contribution >= 0.6 is 0 Å². The highest BCUT2D eigenvalue weighted by Crippen LogP contribution is 2.25. The Labute approximate surface area is 88.8 Å². The quantitative estimate of drug-likeness (QED) is 0.675. The van der Waals surface area contributed by atoms with Crippen LogP contribution in [-0.4, -0.2) is 35.1 Å². The van der Waals surface area contributed by atoms with Crippen molar-refractivity contribution in [3.05, 3.63) is 29.3 Å². The highest BCUT2D eigenvalue weighted by atomic mass is 16.5. The number of aryl methyl sites for hydroxylation is 1. The molecule has 4 nitrogen and oxygen atoms in total. The van der Waals surface area contributed by atoms with Gasteiger partial charge in [0.2, 0.25) is 0 Å². The number of benzene rings is 1. The molecule has 15 heavy (non-hydrogen) atoms. The van der Waals surface area contributed by atoms with Crippen LogP contribution in [0, 0.1) is 6.92 Å². The lowest BCUT2D eigenvalue weighted by atomic mass is 9.99. The lowest BCUT2D eigenvalue weighted by Crippen LogP contribution is -2.22. The third-order valence-electron chi connectivity index (χ3n) is 2.36. The van der Waals surface area contributed by atoms with Crippen molar-refractivity contribution < 1.29 is 20.1 Å². The zero-order valence-electron chi connectivity index (χ0n) is 8.84. The maximum atomic E-state index is 9.72. The summed E-state index contributed by atoms with van der Waals surface area (Å²) in [6, 6.07) is 5.22. The average Bonchev–Trinajstić information content (AvgIpc) is 2.27. The third kappa shape index (κ3) is 2.68. The summed E-state index contributed by atoms with van der Waals surface area (Å²) < 4.78 is 5.02. The molecule has 0 bridgehead atoms. The molecule has 2 unspecified atom stereocenters. The second kappa shape index (κ2) is 5.11. The standard InChI is InChI=1S/C11H16O4/c1-7-3-4-8(15-2)5-9(7)11(14)10(13)6-12/h3-5,10-14H,6H2,1-2H3. The molecule has 2 atom stereocenters. The molecule has 0 aliphatic rings. The molecule has 0 aliphatic heterocycles. The number of aliphatic hydroxyl groups is 3. The molecule has 0 saturated heterocycles. The Morgan fingerprint density at radius 1 is 1.33 bits per heavy atom. The molecule has 0 aliphatic carbocycles. The van der Waals surface area contributed by atoms with E-state index in [9.17, 15) is 10.2 Å². The van der Waals surface area contributed by atoms with Crippen LogP contribution in [0.5, 0.6) is 5.75 Å². The molecule has 0 aromatic heterocycles. The smallest absolute Gasteiger partial charge is 0.119 e. The predicted octanol–water partition coefficient (Wildman–Crippen LogP) is 0.390. The Bertz CT molecular complexity index is 324. The van der Waals surface area contributed by atoms with Gasteiger partial charge in [-0.2, -0.15) is 0 Å². The van der Waals surface area contributed by atoms with E-state index in [1.165, 1.54) is 7.11 Å². The van der Waals surface area contributed by atoms with E-state index in [0.717, 1.165) is 5.56 Å². The number of rotatable bonds is 4. The van der Waals surface area contributed by atoms with Crippen molar-refractivity contribution in [2.24, 2.45) is 0 Å². The van der Waals surface area contributed by atoms with E-state index >= 15 is 0 Å². The van der Waals surface area contributed by atoms with E-state index in [1.807, 2.05) is 6.92 Å². The van der Waals surface area contributed by atoms with Gasteiger partial charge in [-0.3, -0.25) is 0 Å². The first-order valence-electron chi connectivity index (χ1n) is 4.71. The first kappa shape index (κ1) is 12.0. The van der Waals surface area contributed by atoms with Gasteiger partial charge in [0.25, 0.3) is 0 Å². The summed E-state index contributed by atoms with van der Waals surface area (Å²) in [5, 5.41) is 27.8. The molecule has 1 rings (SSSR count). The first-order chi connectivity index (χ1) is 7.10. The monoisotopic (exact) mass is 212 g/mol. The normalized spacial score (nSPS) is 14.7. The number of methoxy groups -OCH3 is 1. The van der Waals surface area contributed by atoms with Gasteiger partial charge in [0, 0.05) is 0 Å². The molecule has 0 saturated carbocycles. The van der Waals surface area contributed by atoms with Crippen LogP contribution in [0.3, 0.4) is 0 Å². The molecular formula is C11H16O4. The third-order valence-corrected chi connectivity index (χ3v) is 2.36. The summed E-state index contributed by atoms with van der Waals surface area (Å²) in [6.07, 6.45) is -2.26. The van der Waals surface area contributed by atoms with Crippen LogP contribution in [0.4, 0.5) is 0 Å². The lowest BCUT2D eigenvalue weighted by Gasteiger charge is -2.18. The summed E-state index contributed by atoms with van der Waals surface area (Å²) in [7, 11) is 1.53. The van der Waals surface area contributed by atoms with E-state index in [-0.39, 0.29) is 0 Å². The van der Waals surface area contributed by atoms with E-state index in [1.54, 1.807) is 18.2 Å². The first-order valence-corrected chi connectivity index (χ1v) is 4.71. The fourth-order valence-corrected chi connectivity index (χ4v) is 1.37. The summed E-state index contributed by atoms with van der Waals surface area (Å²) in [6.45, 7) is 1.35. The van der Waals surface area contributed by atoms with Crippen LogP contribution in [0.2, 0.25) is 0 Å². The minimum atomic E-state index is -1.17. The van der Waals surface area contributed by atoms with E-state index in [4.69, 9.17) is 9.84 Å². The van der Waals surface area contributed by atoms with E-state index in [0.29, 0.717) is 11.3 Å². The summed E-state index contributed by atoms with van der Waals surface area (Å²) in [5.41, 5.74) is 1.41. The molecule has 0 fully saturated rings. The maximum Gasteiger partial charge on any atom is 0.119 e. The lowest BCUT2D eigenvalue weighted by molar-refractivity contribution is -0.0156. The van der Waals surface area contributed by atoms with Gasteiger partial charge in [0.05, 0.1) is 13.7 Å². The van der Waals surface area contributed by atoms with Crippen LogP contribution in [-0.2, 0) is 0 Å². The van der Waals surface area contributed by atoms with Crippen molar-refractivity contribution in [1.82, 2.24) is 0 Å². The molecule has 84 valence electrons. The average molecular weight is 212 g/mol. The van der Waals surface area contributed by atoms with Crippen LogP contribution < -0.4 is 4.74 Å². The Hall–Kier alpha value is -1.10. The molecule has 0 radical (unpaired) electrons. The summed E-state index contributed by atoms with van der Waals surface area (Å²) >= 11 is 0. The summed E-state index contributed by atoms with van der Waals surface area (Å²) in [5.74, 6) is 0.611. The van der Waals surface area contributed by atoms with Crippen LogP contribution in [0.15, 0.2) is 18.2 Å². The minimum Gasteiger partial charge on any atom is -0.497 e. The molecular weight excluding hydrogens is 196 g/mol. The zero-order chi connectivity index (χ0) is 11.4. The van der Waals surface area contributed by atoms with E-state index < -0.39 is 18.8 Å². The van der Waals surface area contributed by atoms with Crippen LogP contribution in [0.1, 0.15) is 17.2 Å². The van der Waals surface area contributed by atoms with Gasteiger partial charge in [-0.1, -0.05) is 6.07 Å². The van der Waals surface area contributed by atoms with Crippen LogP contribution in [0.25, 0.3) is 0 Å².